The summed E-state index contributed by atoms with van der Waals surface area (Å²) in [6, 6.07) is 25.8. The zero-order valence-electron chi connectivity index (χ0n) is 20.3. The van der Waals surface area contributed by atoms with Crippen molar-refractivity contribution in [2.75, 3.05) is 26.2 Å². The number of aromatic nitrogens is 1. The van der Waals surface area contributed by atoms with Gasteiger partial charge in [0.2, 0.25) is 0 Å². The third kappa shape index (κ3) is 4.31. The van der Waals surface area contributed by atoms with E-state index in [-0.39, 0.29) is 11.5 Å². The van der Waals surface area contributed by atoms with Crippen LogP contribution >= 0.6 is 0 Å². The van der Waals surface area contributed by atoms with Crippen LogP contribution in [0.15, 0.2) is 77.6 Å². The van der Waals surface area contributed by atoms with E-state index in [9.17, 15) is 4.79 Å². The summed E-state index contributed by atoms with van der Waals surface area (Å²) in [7, 11) is 0. The monoisotopic (exact) mass is 451 g/mol. The van der Waals surface area contributed by atoms with E-state index in [2.05, 4.69) is 95.4 Å². The predicted molar refractivity (Wildman–Crippen MR) is 140 cm³/mol. The van der Waals surface area contributed by atoms with Crippen LogP contribution in [0.3, 0.4) is 0 Å². The molecule has 0 unspecified atom stereocenters. The normalized spacial score (nSPS) is 15.3. The maximum absolute atomic E-state index is 13.4. The van der Waals surface area contributed by atoms with Crippen molar-refractivity contribution in [2.24, 2.45) is 0 Å². The quantitative estimate of drug-likeness (QED) is 0.444. The lowest BCUT2D eigenvalue weighted by molar-refractivity contribution is 0.104. The lowest BCUT2D eigenvalue weighted by Crippen LogP contribution is -2.47. The molecule has 0 amide bonds. The zero-order chi connectivity index (χ0) is 23.7. The highest BCUT2D eigenvalue weighted by atomic mass is 16.1. The average molecular weight is 452 g/mol. The SMILES string of the molecule is Cc1ccc2c(=O)c(CN3CCN(C(c4ccccc4)c4ccccc4)CC3)c(C)[nH]c2c1C. The lowest BCUT2D eigenvalue weighted by atomic mass is 9.96. The number of aromatic amines is 1. The lowest BCUT2D eigenvalue weighted by Gasteiger charge is -2.40. The molecule has 4 aromatic rings. The van der Waals surface area contributed by atoms with Crippen LogP contribution in [0.5, 0.6) is 0 Å². The van der Waals surface area contributed by atoms with Crippen molar-refractivity contribution < 1.29 is 0 Å². The standard InChI is InChI=1S/C30H33N3O/c1-21-14-15-26-28(22(21)2)31-23(3)27(30(26)34)20-32-16-18-33(19-17-32)29(24-10-6-4-7-11-24)25-12-8-5-9-13-25/h4-15,29H,16-20H2,1-3H3,(H,31,34). The van der Waals surface area contributed by atoms with Crippen molar-refractivity contribution >= 4 is 10.9 Å². The second-order valence-corrected chi connectivity index (χ2v) is 9.52. The number of nitrogens with one attached hydrogen (secondary N) is 1. The Hall–Kier alpha value is -3.21. The molecule has 1 N–H and O–H groups in total. The third-order valence-electron chi connectivity index (χ3n) is 7.40. The van der Waals surface area contributed by atoms with E-state index < -0.39 is 0 Å². The number of hydrogen-bond acceptors (Lipinski definition) is 3. The summed E-state index contributed by atoms with van der Waals surface area (Å²) in [6.07, 6.45) is 0. The number of nitrogens with zero attached hydrogens (tertiary/aromatic N) is 2. The minimum atomic E-state index is 0.170. The number of hydrogen-bond donors (Lipinski definition) is 1. The van der Waals surface area contributed by atoms with E-state index in [1.54, 1.807) is 0 Å². The second kappa shape index (κ2) is 9.57. The summed E-state index contributed by atoms with van der Waals surface area (Å²) in [6.45, 7) is 10.7. The molecule has 5 rings (SSSR count). The van der Waals surface area contributed by atoms with Crippen LogP contribution in [0, 0.1) is 20.8 Å². The summed E-state index contributed by atoms with van der Waals surface area (Å²) >= 11 is 0. The molecule has 1 aliphatic rings. The van der Waals surface area contributed by atoms with Crippen LogP contribution in [-0.4, -0.2) is 41.0 Å². The van der Waals surface area contributed by atoms with Crippen LogP contribution in [0.1, 0.15) is 39.6 Å². The maximum Gasteiger partial charge on any atom is 0.194 e. The molecule has 4 nitrogen and oxygen atoms in total. The summed E-state index contributed by atoms with van der Waals surface area (Å²) in [4.78, 5) is 21.9. The van der Waals surface area contributed by atoms with Crippen LogP contribution in [-0.2, 0) is 6.54 Å². The van der Waals surface area contributed by atoms with Crippen molar-refractivity contribution in [3.8, 4) is 0 Å². The van der Waals surface area contributed by atoms with Crippen molar-refractivity contribution in [2.45, 2.75) is 33.4 Å². The van der Waals surface area contributed by atoms with E-state index in [0.717, 1.165) is 53.9 Å². The molecule has 4 heteroatoms. The highest BCUT2D eigenvalue weighted by Crippen LogP contribution is 2.29. The molecule has 0 radical (unpaired) electrons. The number of piperazine rings is 1. The number of benzene rings is 3. The first-order chi connectivity index (χ1) is 16.5. The molecule has 2 heterocycles. The molecule has 3 aromatic carbocycles. The smallest absolute Gasteiger partial charge is 0.194 e. The Morgan fingerprint density at radius 3 is 1.97 bits per heavy atom. The first-order valence-corrected chi connectivity index (χ1v) is 12.2. The van der Waals surface area contributed by atoms with Gasteiger partial charge < -0.3 is 4.98 Å². The molecule has 0 bridgehead atoms. The molecule has 34 heavy (non-hydrogen) atoms. The van der Waals surface area contributed by atoms with Gasteiger partial charge in [0.05, 0.1) is 11.6 Å². The van der Waals surface area contributed by atoms with Crippen molar-refractivity contribution in [1.82, 2.24) is 14.8 Å². The number of aryl methyl sites for hydroxylation is 3. The zero-order valence-corrected chi connectivity index (χ0v) is 20.3. The van der Waals surface area contributed by atoms with Crippen molar-refractivity contribution in [1.29, 1.82) is 0 Å². The summed E-state index contributed by atoms with van der Waals surface area (Å²) in [5.41, 5.74) is 8.05. The Kier molecular flexibility index (Phi) is 6.36. The molecule has 1 aromatic heterocycles. The van der Waals surface area contributed by atoms with Gasteiger partial charge in [-0.2, -0.15) is 0 Å². The van der Waals surface area contributed by atoms with Gasteiger partial charge in [-0.1, -0.05) is 66.7 Å². The largest absolute Gasteiger partial charge is 0.358 e. The van der Waals surface area contributed by atoms with Gasteiger partial charge in [-0.05, 0) is 49.1 Å². The van der Waals surface area contributed by atoms with Gasteiger partial charge in [-0.25, -0.2) is 0 Å². The highest BCUT2D eigenvalue weighted by Gasteiger charge is 2.27. The molecule has 0 atom stereocenters. The van der Waals surface area contributed by atoms with Crippen LogP contribution < -0.4 is 5.43 Å². The summed E-state index contributed by atoms with van der Waals surface area (Å²) in [5, 5.41) is 0.801. The molecule has 174 valence electrons. The van der Waals surface area contributed by atoms with Crippen molar-refractivity contribution in [3.63, 3.8) is 0 Å². The van der Waals surface area contributed by atoms with Gasteiger partial charge in [0.25, 0.3) is 0 Å². The van der Waals surface area contributed by atoms with Gasteiger partial charge in [-0.3, -0.25) is 14.6 Å². The molecule has 1 saturated heterocycles. The van der Waals surface area contributed by atoms with Gasteiger partial charge in [0.1, 0.15) is 0 Å². The summed E-state index contributed by atoms with van der Waals surface area (Å²) < 4.78 is 0. The molecule has 0 spiro atoms. The first-order valence-electron chi connectivity index (χ1n) is 12.2. The predicted octanol–water partition coefficient (Wildman–Crippen LogP) is 5.36. The Morgan fingerprint density at radius 2 is 1.38 bits per heavy atom. The fourth-order valence-electron chi connectivity index (χ4n) is 5.24. The number of H-pyrrole nitrogens is 1. The number of fused-ring (bicyclic) bond motifs is 1. The maximum atomic E-state index is 13.4. The Morgan fingerprint density at radius 1 is 0.794 bits per heavy atom. The van der Waals surface area contributed by atoms with E-state index in [1.807, 2.05) is 13.0 Å². The minimum Gasteiger partial charge on any atom is -0.358 e. The topological polar surface area (TPSA) is 39.3 Å². The Balaban J connectivity index is 1.36. The molecular weight excluding hydrogens is 418 g/mol. The molecule has 1 fully saturated rings. The average Bonchev–Trinajstić information content (AvgIpc) is 2.87. The van der Waals surface area contributed by atoms with E-state index >= 15 is 0 Å². The summed E-state index contributed by atoms with van der Waals surface area (Å²) in [5.74, 6) is 0. The fourth-order valence-corrected chi connectivity index (χ4v) is 5.24. The van der Waals surface area contributed by atoms with Crippen LogP contribution in [0.4, 0.5) is 0 Å². The van der Waals surface area contributed by atoms with Crippen LogP contribution in [0.2, 0.25) is 0 Å². The molecule has 0 aliphatic carbocycles. The van der Waals surface area contributed by atoms with Crippen molar-refractivity contribution in [3.05, 3.63) is 117 Å². The van der Waals surface area contributed by atoms with E-state index in [4.69, 9.17) is 0 Å². The highest BCUT2D eigenvalue weighted by molar-refractivity contribution is 5.83. The van der Waals surface area contributed by atoms with Gasteiger partial charge in [0, 0.05) is 49.4 Å². The molecular formula is C30H33N3O. The Bertz CT molecular complexity index is 1300. The van der Waals surface area contributed by atoms with Gasteiger partial charge >= 0.3 is 0 Å². The third-order valence-corrected chi connectivity index (χ3v) is 7.40. The number of rotatable bonds is 5. The minimum absolute atomic E-state index is 0.170. The number of pyridine rings is 1. The van der Waals surface area contributed by atoms with E-state index in [1.165, 1.54) is 16.7 Å². The van der Waals surface area contributed by atoms with Gasteiger partial charge in [-0.15, -0.1) is 0 Å². The Labute approximate surface area is 201 Å². The molecule has 0 saturated carbocycles. The van der Waals surface area contributed by atoms with Gasteiger partial charge in [0.15, 0.2) is 5.43 Å². The van der Waals surface area contributed by atoms with E-state index in [0.29, 0.717) is 6.54 Å². The molecule has 1 aliphatic heterocycles. The second-order valence-electron chi connectivity index (χ2n) is 9.52. The first kappa shape index (κ1) is 22.6. The van der Waals surface area contributed by atoms with Crippen LogP contribution in [0.25, 0.3) is 10.9 Å². The fraction of sp³-hybridized carbons (Fsp3) is 0.300.